The number of furan rings is 1. The molecule has 1 amide bonds. The lowest BCUT2D eigenvalue weighted by Crippen LogP contribution is -2.21. The molecule has 0 aliphatic rings. The molecule has 0 atom stereocenters. The van der Waals surface area contributed by atoms with Crippen molar-refractivity contribution in [2.75, 3.05) is 0 Å². The zero-order valence-electron chi connectivity index (χ0n) is 9.40. The van der Waals surface area contributed by atoms with E-state index in [4.69, 9.17) is 10.2 Å². The van der Waals surface area contributed by atoms with Crippen LogP contribution in [0.3, 0.4) is 0 Å². The Morgan fingerprint density at radius 1 is 1.59 bits per heavy atom. The minimum atomic E-state index is -0.240. The highest BCUT2D eigenvalue weighted by Gasteiger charge is 2.10. The number of aromatic nitrogens is 1. The quantitative estimate of drug-likeness (QED) is 0.861. The van der Waals surface area contributed by atoms with Crippen LogP contribution in [0.15, 0.2) is 22.7 Å². The Bertz CT molecular complexity index is 518. The summed E-state index contributed by atoms with van der Waals surface area (Å²) in [5.41, 5.74) is 5.40. The van der Waals surface area contributed by atoms with Crippen molar-refractivity contribution in [3.8, 4) is 0 Å². The first-order chi connectivity index (χ1) is 8.19. The molecule has 17 heavy (non-hydrogen) atoms. The van der Waals surface area contributed by atoms with Gasteiger partial charge in [-0.15, -0.1) is 11.3 Å². The molecule has 2 aromatic heterocycles. The largest absolute Gasteiger partial charge is 0.455 e. The third kappa shape index (κ3) is 2.92. The molecule has 0 saturated carbocycles. The summed E-state index contributed by atoms with van der Waals surface area (Å²) in [7, 11) is 0. The van der Waals surface area contributed by atoms with Crippen LogP contribution in [0.4, 0.5) is 0 Å². The lowest BCUT2D eigenvalue weighted by molar-refractivity contribution is 0.0922. The number of rotatable bonds is 4. The van der Waals surface area contributed by atoms with E-state index in [1.165, 1.54) is 0 Å². The van der Waals surface area contributed by atoms with E-state index in [2.05, 4.69) is 10.3 Å². The highest BCUT2D eigenvalue weighted by molar-refractivity contribution is 7.11. The molecule has 0 saturated heterocycles. The summed E-state index contributed by atoms with van der Waals surface area (Å²) in [5, 5.41) is 3.75. The van der Waals surface area contributed by atoms with Crippen LogP contribution < -0.4 is 11.1 Å². The summed E-state index contributed by atoms with van der Waals surface area (Å²) in [6, 6.07) is 3.32. The zero-order chi connectivity index (χ0) is 12.3. The van der Waals surface area contributed by atoms with Gasteiger partial charge in [0.25, 0.3) is 5.91 Å². The number of aryl methyl sites for hydroxylation is 1. The Kier molecular flexibility index (Phi) is 3.55. The maximum atomic E-state index is 11.7. The predicted octanol–water partition coefficient (Wildman–Crippen LogP) is 1.43. The molecule has 3 N–H and O–H groups in total. The predicted molar refractivity (Wildman–Crippen MR) is 64.6 cm³/mol. The molecule has 0 fully saturated rings. The number of hydrogen-bond donors (Lipinski definition) is 2. The van der Waals surface area contributed by atoms with Gasteiger partial charge in [0.15, 0.2) is 5.76 Å². The van der Waals surface area contributed by atoms with Crippen molar-refractivity contribution < 1.29 is 9.21 Å². The lowest BCUT2D eigenvalue weighted by atomic mass is 10.4. The zero-order valence-corrected chi connectivity index (χ0v) is 10.2. The highest BCUT2D eigenvalue weighted by atomic mass is 32.1. The van der Waals surface area contributed by atoms with E-state index in [1.807, 2.05) is 6.92 Å². The van der Waals surface area contributed by atoms with Gasteiger partial charge < -0.3 is 15.5 Å². The van der Waals surface area contributed by atoms with Crippen LogP contribution in [0.2, 0.25) is 0 Å². The van der Waals surface area contributed by atoms with Gasteiger partial charge in [0.2, 0.25) is 0 Å². The molecule has 0 radical (unpaired) electrons. The molecular weight excluding hydrogens is 238 g/mol. The smallest absolute Gasteiger partial charge is 0.287 e. The molecule has 2 rings (SSSR count). The molecule has 0 aromatic carbocycles. The van der Waals surface area contributed by atoms with Gasteiger partial charge in [-0.25, -0.2) is 4.98 Å². The van der Waals surface area contributed by atoms with Crippen LogP contribution in [0.5, 0.6) is 0 Å². The molecule has 2 heterocycles. The van der Waals surface area contributed by atoms with E-state index >= 15 is 0 Å². The number of nitrogens with zero attached hydrogens (tertiary/aromatic N) is 1. The summed E-state index contributed by atoms with van der Waals surface area (Å²) >= 11 is 1.56. The number of nitrogens with one attached hydrogen (secondary N) is 1. The van der Waals surface area contributed by atoms with Gasteiger partial charge in [0.1, 0.15) is 5.76 Å². The molecule has 90 valence electrons. The lowest BCUT2D eigenvalue weighted by Gasteiger charge is -1.99. The third-order valence-electron chi connectivity index (χ3n) is 2.18. The second-order valence-electron chi connectivity index (χ2n) is 3.50. The average molecular weight is 251 g/mol. The van der Waals surface area contributed by atoms with Crippen molar-refractivity contribution in [3.63, 3.8) is 0 Å². The van der Waals surface area contributed by atoms with Crippen LogP contribution in [-0.2, 0) is 13.1 Å². The molecule has 0 unspecified atom stereocenters. The molecule has 6 heteroatoms. The molecule has 5 nitrogen and oxygen atoms in total. The minimum Gasteiger partial charge on any atom is -0.455 e. The van der Waals surface area contributed by atoms with Gasteiger partial charge in [0.05, 0.1) is 18.1 Å². The average Bonchev–Trinajstić information content (AvgIpc) is 2.94. The summed E-state index contributed by atoms with van der Waals surface area (Å²) in [4.78, 5) is 16.8. The fourth-order valence-corrected chi connectivity index (χ4v) is 2.09. The van der Waals surface area contributed by atoms with Crippen molar-refractivity contribution in [2.24, 2.45) is 5.73 Å². The van der Waals surface area contributed by atoms with Crippen LogP contribution in [0.1, 0.15) is 26.2 Å². The van der Waals surface area contributed by atoms with Crippen LogP contribution in [0, 0.1) is 6.92 Å². The Hall–Kier alpha value is -1.66. The van der Waals surface area contributed by atoms with Crippen molar-refractivity contribution in [3.05, 3.63) is 39.7 Å². The van der Waals surface area contributed by atoms with E-state index in [1.54, 1.807) is 29.7 Å². The van der Waals surface area contributed by atoms with Gasteiger partial charge in [-0.2, -0.15) is 0 Å². The standard InChI is InChI=1S/C11H13N3O2S/c1-7-13-5-9(17-7)6-14-11(15)10-3-2-8(4-12)16-10/h2-3,5H,4,6,12H2,1H3,(H,14,15). The van der Waals surface area contributed by atoms with E-state index in [0.717, 1.165) is 9.88 Å². The van der Waals surface area contributed by atoms with Gasteiger partial charge in [-0.1, -0.05) is 0 Å². The SMILES string of the molecule is Cc1ncc(CNC(=O)c2ccc(CN)o2)s1. The van der Waals surface area contributed by atoms with Crippen molar-refractivity contribution in [1.82, 2.24) is 10.3 Å². The third-order valence-corrected chi connectivity index (χ3v) is 3.09. The van der Waals surface area contributed by atoms with Crippen molar-refractivity contribution in [1.29, 1.82) is 0 Å². The Balaban J connectivity index is 1.93. The summed E-state index contributed by atoms with van der Waals surface area (Å²) in [5.74, 6) is 0.645. The number of amides is 1. The Morgan fingerprint density at radius 2 is 2.41 bits per heavy atom. The number of carbonyl (C=O) groups is 1. The topological polar surface area (TPSA) is 81.2 Å². The second kappa shape index (κ2) is 5.11. The van der Waals surface area contributed by atoms with E-state index < -0.39 is 0 Å². The first-order valence-electron chi connectivity index (χ1n) is 5.17. The van der Waals surface area contributed by atoms with Gasteiger partial charge >= 0.3 is 0 Å². The van der Waals surface area contributed by atoms with Gasteiger partial charge in [-0.3, -0.25) is 4.79 Å². The molecule has 0 aliphatic carbocycles. The number of nitrogens with two attached hydrogens (primary N) is 1. The van der Waals surface area contributed by atoms with E-state index in [0.29, 0.717) is 18.8 Å². The minimum absolute atomic E-state index is 0.240. The fourth-order valence-electron chi connectivity index (χ4n) is 1.35. The molecule has 0 bridgehead atoms. The number of carbonyl (C=O) groups excluding carboxylic acids is 1. The Morgan fingerprint density at radius 3 is 3.00 bits per heavy atom. The molecule has 0 spiro atoms. The van der Waals surface area contributed by atoms with Crippen molar-refractivity contribution >= 4 is 17.2 Å². The summed E-state index contributed by atoms with van der Waals surface area (Å²) in [6.07, 6.45) is 1.76. The summed E-state index contributed by atoms with van der Waals surface area (Å²) in [6.45, 7) is 2.68. The number of hydrogen-bond acceptors (Lipinski definition) is 5. The second-order valence-corrected chi connectivity index (χ2v) is 4.82. The van der Waals surface area contributed by atoms with Gasteiger partial charge in [-0.05, 0) is 19.1 Å². The first-order valence-corrected chi connectivity index (χ1v) is 5.99. The number of thiazole rings is 1. The van der Waals surface area contributed by atoms with E-state index in [-0.39, 0.29) is 11.7 Å². The first kappa shape index (κ1) is 11.8. The highest BCUT2D eigenvalue weighted by Crippen LogP contribution is 2.12. The summed E-state index contributed by atoms with van der Waals surface area (Å²) < 4.78 is 5.24. The molecular formula is C11H13N3O2S. The van der Waals surface area contributed by atoms with Crippen LogP contribution >= 0.6 is 11.3 Å². The Labute approximate surface area is 103 Å². The van der Waals surface area contributed by atoms with Crippen molar-refractivity contribution in [2.45, 2.75) is 20.0 Å². The van der Waals surface area contributed by atoms with E-state index in [9.17, 15) is 4.79 Å². The van der Waals surface area contributed by atoms with Crippen LogP contribution in [-0.4, -0.2) is 10.9 Å². The maximum Gasteiger partial charge on any atom is 0.287 e. The fraction of sp³-hybridized carbons (Fsp3) is 0.273. The van der Waals surface area contributed by atoms with Gasteiger partial charge in [0, 0.05) is 11.1 Å². The monoisotopic (exact) mass is 251 g/mol. The molecule has 2 aromatic rings. The van der Waals surface area contributed by atoms with Crippen LogP contribution in [0.25, 0.3) is 0 Å². The normalized spacial score (nSPS) is 10.5. The maximum absolute atomic E-state index is 11.7. The molecule has 0 aliphatic heterocycles.